The molecule has 6 atom stereocenters. The molecule has 0 aromatic heterocycles. The molecule has 194 valence electrons. The molecular weight excluding hydrogens is 476 g/mol. The summed E-state index contributed by atoms with van der Waals surface area (Å²) in [5, 5.41) is 10.0. The summed E-state index contributed by atoms with van der Waals surface area (Å²) < 4.78 is 4.34. The molecule has 3 fully saturated rings. The predicted octanol–water partition coefficient (Wildman–Crippen LogP) is 3.18. The van der Waals surface area contributed by atoms with Gasteiger partial charge in [0.25, 0.3) is 0 Å². The number of hydrogen-bond acceptors (Lipinski definition) is 6. The van der Waals surface area contributed by atoms with Crippen LogP contribution in [0.4, 0.5) is 0 Å². The van der Waals surface area contributed by atoms with Gasteiger partial charge in [0, 0.05) is 17.8 Å². The van der Waals surface area contributed by atoms with E-state index in [1.165, 1.54) is 0 Å². The fraction of sp³-hybridized carbons (Fsp3) is 0.536. The molecule has 2 amide bonds. The van der Waals surface area contributed by atoms with Crippen LogP contribution >= 0.6 is 11.8 Å². The Morgan fingerprint density at radius 2 is 2.00 bits per heavy atom. The van der Waals surface area contributed by atoms with Gasteiger partial charge in [0.05, 0.1) is 35.8 Å². The van der Waals surface area contributed by atoms with Crippen LogP contribution in [-0.4, -0.2) is 74.0 Å². The van der Waals surface area contributed by atoms with Gasteiger partial charge in [-0.1, -0.05) is 42.5 Å². The second kappa shape index (κ2) is 10.4. The van der Waals surface area contributed by atoms with Crippen LogP contribution in [0.25, 0.3) is 0 Å². The average molecular weight is 513 g/mol. The van der Waals surface area contributed by atoms with Crippen molar-refractivity contribution >= 4 is 29.5 Å². The zero-order valence-corrected chi connectivity index (χ0v) is 21.9. The number of aliphatic hydroxyl groups is 1. The monoisotopic (exact) mass is 512 g/mol. The van der Waals surface area contributed by atoms with Gasteiger partial charge in [-0.25, -0.2) is 0 Å². The number of nitrogens with zero attached hydrogens (tertiary/aromatic N) is 2. The molecule has 0 saturated carbocycles. The lowest BCUT2D eigenvalue weighted by atomic mass is 9.66. The maximum absolute atomic E-state index is 14.3. The third-order valence-electron chi connectivity index (χ3n) is 7.89. The molecule has 4 rings (SSSR count). The van der Waals surface area contributed by atoms with Crippen molar-refractivity contribution in [3.63, 3.8) is 0 Å². The number of likely N-dealkylation sites (tertiary alicyclic amines) is 1. The van der Waals surface area contributed by atoms with E-state index in [1.54, 1.807) is 40.6 Å². The van der Waals surface area contributed by atoms with Crippen molar-refractivity contribution in [2.45, 2.75) is 61.2 Å². The summed E-state index contributed by atoms with van der Waals surface area (Å²) in [4.78, 5) is 44.9. The Bertz CT molecular complexity index is 1030. The van der Waals surface area contributed by atoms with E-state index in [0.717, 1.165) is 5.56 Å². The van der Waals surface area contributed by atoms with Gasteiger partial charge in [0.1, 0.15) is 6.04 Å². The number of fused-ring (bicyclic) bond motifs is 1. The molecule has 7 nitrogen and oxygen atoms in total. The number of thioether (sulfide) groups is 1. The summed E-state index contributed by atoms with van der Waals surface area (Å²) in [5.74, 6) is -2.10. The quantitative estimate of drug-likeness (QED) is 0.278. The highest BCUT2D eigenvalue weighted by molar-refractivity contribution is 8.02. The van der Waals surface area contributed by atoms with E-state index in [1.807, 2.05) is 37.3 Å². The molecule has 3 aliphatic heterocycles. The van der Waals surface area contributed by atoms with Crippen molar-refractivity contribution < 1.29 is 24.2 Å². The van der Waals surface area contributed by atoms with E-state index in [9.17, 15) is 19.5 Å². The van der Waals surface area contributed by atoms with Crippen LogP contribution in [0.5, 0.6) is 0 Å². The Hall–Kier alpha value is -2.58. The van der Waals surface area contributed by atoms with Gasteiger partial charge in [-0.05, 0) is 38.7 Å². The molecule has 1 aromatic carbocycles. The number of hydrogen-bond donors (Lipinski definition) is 1. The summed E-state index contributed by atoms with van der Waals surface area (Å²) in [5.41, 5.74) is 0.979. The molecule has 3 heterocycles. The number of amides is 2. The van der Waals surface area contributed by atoms with Crippen molar-refractivity contribution in [2.24, 2.45) is 11.8 Å². The third-order valence-corrected chi connectivity index (χ3v) is 9.87. The Kier molecular flexibility index (Phi) is 7.67. The molecule has 2 bridgehead atoms. The minimum absolute atomic E-state index is 0.174. The van der Waals surface area contributed by atoms with Crippen molar-refractivity contribution in [3.8, 4) is 0 Å². The largest absolute Gasteiger partial charge is 0.465 e. The van der Waals surface area contributed by atoms with Crippen molar-refractivity contribution in [1.82, 2.24) is 9.80 Å². The first-order valence-corrected chi connectivity index (χ1v) is 13.4. The summed E-state index contributed by atoms with van der Waals surface area (Å²) in [6.45, 7) is 11.9. The van der Waals surface area contributed by atoms with Crippen LogP contribution in [0.2, 0.25) is 0 Å². The van der Waals surface area contributed by atoms with Crippen LogP contribution in [-0.2, 0) is 25.7 Å². The number of aliphatic hydroxyl groups excluding tert-OH is 1. The van der Waals surface area contributed by atoms with Crippen LogP contribution < -0.4 is 0 Å². The van der Waals surface area contributed by atoms with Crippen LogP contribution in [0.3, 0.4) is 0 Å². The first-order valence-electron chi connectivity index (χ1n) is 12.6. The second-order valence-electron chi connectivity index (χ2n) is 10.2. The van der Waals surface area contributed by atoms with Gasteiger partial charge in [-0.3, -0.25) is 14.4 Å². The summed E-state index contributed by atoms with van der Waals surface area (Å²) >= 11 is 1.60. The van der Waals surface area contributed by atoms with Crippen LogP contribution in [0.15, 0.2) is 55.6 Å². The highest BCUT2D eigenvalue weighted by atomic mass is 32.2. The van der Waals surface area contributed by atoms with Gasteiger partial charge in [-0.15, -0.1) is 24.9 Å². The number of ether oxygens (including phenoxy) is 1. The van der Waals surface area contributed by atoms with Crippen LogP contribution in [0.1, 0.15) is 38.7 Å². The molecule has 1 N–H and O–H groups in total. The normalized spacial score (nSPS) is 31.1. The first kappa shape index (κ1) is 26.5. The summed E-state index contributed by atoms with van der Waals surface area (Å²) in [6.07, 6.45) is 5.28. The number of benzene rings is 1. The lowest BCUT2D eigenvalue weighted by Crippen LogP contribution is -2.56. The highest BCUT2D eigenvalue weighted by Crippen LogP contribution is 2.71. The van der Waals surface area contributed by atoms with Crippen molar-refractivity contribution in [3.05, 3.63) is 61.2 Å². The maximum atomic E-state index is 14.3. The minimum atomic E-state index is -0.779. The van der Waals surface area contributed by atoms with Gasteiger partial charge in [0.15, 0.2) is 0 Å². The molecular formula is C28H36N2O5S. The molecule has 0 aliphatic carbocycles. The molecule has 0 radical (unpaired) electrons. The second-order valence-corrected chi connectivity index (χ2v) is 12.1. The third kappa shape index (κ3) is 4.28. The van der Waals surface area contributed by atoms with Crippen LogP contribution in [0, 0.1) is 11.8 Å². The summed E-state index contributed by atoms with van der Waals surface area (Å²) in [7, 11) is 0. The highest BCUT2D eigenvalue weighted by Gasteiger charge is 2.78. The Morgan fingerprint density at radius 1 is 1.28 bits per heavy atom. The zero-order chi connectivity index (χ0) is 26.1. The first-order chi connectivity index (χ1) is 17.2. The molecule has 2 unspecified atom stereocenters. The number of carbonyl (C=O) groups excluding carboxylic acids is 3. The summed E-state index contributed by atoms with van der Waals surface area (Å²) in [6, 6.07) is 8.37. The van der Waals surface area contributed by atoms with E-state index >= 15 is 0 Å². The molecule has 36 heavy (non-hydrogen) atoms. The van der Waals surface area contributed by atoms with E-state index in [0.29, 0.717) is 32.4 Å². The van der Waals surface area contributed by atoms with E-state index in [2.05, 4.69) is 13.2 Å². The van der Waals surface area contributed by atoms with E-state index in [-0.39, 0.29) is 31.0 Å². The van der Waals surface area contributed by atoms with Gasteiger partial charge < -0.3 is 19.6 Å². The number of rotatable bonds is 11. The number of carbonyl (C=O) groups is 3. The van der Waals surface area contributed by atoms with Gasteiger partial charge in [0.2, 0.25) is 11.8 Å². The SMILES string of the molecule is C=CCCOC(=O)[C@H]1[C@H]2C(=O)N([C@H](C)CO)C(C(=O)N(CC=C)Cc3ccccc3)C23CC[C@]1(C)S3. The lowest BCUT2D eigenvalue weighted by Gasteiger charge is -2.38. The van der Waals surface area contributed by atoms with Crippen molar-refractivity contribution in [2.75, 3.05) is 19.8 Å². The maximum Gasteiger partial charge on any atom is 0.311 e. The fourth-order valence-electron chi connectivity index (χ4n) is 6.26. The zero-order valence-electron chi connectivity index (χ0n) is 21.1. The molecule has 3 saturated heterocycles. The molecule has 3 aliphatic rings. The van der Waals surface area contributed by atoms with E-state index < -0.39 is 33.4 Å². The van der Waals surface area contributed by atoms with Gasteiger partial charge >= 0.3 is 5.97 Å². The average Bonchev–Trinajstić information content (AvgIpc) is 3.44. The standard InChI is InChI=1S/C28H36N2O5S/c1-5-7-16-35-26(34)22-21-24(32)30(19(3)18-31)23(28(21)14-13-27(22,4)36-28)25(33)29(15-6-2)17-20-11-9-8-10-12-20/h5-6,8-12,19,21-23,31H,1-2,7,13-18H2,3-4H3/t19-,21+,22-,23?,27+,28?/m1/s1. The number of esters is 1. The topological polar surface area (TPSA) is 87.1 Å². The predicted molar refractivity (Wildman–Crippen MR) is 140 cm³/mol. The molecule has 8 heteroatoms. The van der Waals surface area contributed by atoms with E-state index in [4.69, 9.17) is 4.74 Å². The molecule has 1 aromatic rings. The Labute approximate surface area is 217 Å². The minimum Gasteiger partial charge on any atom is -0.465 e. The smallest absolute Gasteiger partial charge is 0.311 e. The molecule has 1 spiro atoms. The Balaban J connectivity index is 1.73. The van der Waals surface area contributed by atoms with Gasteiger partial charge in [-0.2, -0.15) is 0 Å². The van der Waals surface area contributed by atoms with Crippen molar-refractivity contribution in [1.29, 1.82) is 0 Å². The Morgan fingerprint density at radius 3 is 2.64 bits per heavy atom. The fourth-order valence-corrected chi connectivity index (χ4v) is 8.59. The lowest BCUT2D eigenvalue weighted by molar-refractivity contribution is -0.156.